The van der Waals surface area contributed by atoms with E-state index in [0.717, 1.165) is 47.5 Å². The lowest BCUT2D eigenvalue weighted by Gasteiger charge is -2.14. The molecule has 1 aliphatic rings. The first-order valence-corrected chi connectivity index (χ1v) is 10.2. The lowest BCUT2D eigenvalue weighted by atomic mass is 10.00. The topological polar surface area (TPSA) is 77.2 Å². The number of amides is 1. The lowest BCUT2D eigenvalue weighted by molar-refractivity contribution is -0.124. The van der Waals surface area contributed by atoms with Crippen molar-refractivity contribution in [3.8, 4) is 0 Å². The van der Waals surface area contributed by atoms with Crippen LogP contribution in [0, 0.1) is 0 Å². The molecule has 5 nitrogen and oxygen atoms in total. The van der Waals surface area contributed by atoms with Crippen LogP contribution in [0.2, 0.25) is 5.02 Å². The number of allylic oxidation sites excluding steroid dienone is 1. The van der Waals surface area contributed by atoms with E-state index >= 15 is 0 Å². The molecule has 4 rings (SSSR count). The summed E-state index contributed by atoms with van der Waals surface area (Å²) in [5, 5.41) is 14.3. The fourth-order valence-electron chi connectivity index (χ4n) is 4.13. The predicted octanol–water partition coefficient (Wildman–Crippen LogP) is 4.55. The minimum atomic E-state index is -0.513. The fraction of sp³-hybridized carbons (Fsp3) is 0.261. The van der Waals surface area contributed by atoms with Crippen LogP contribution >= 0.6 is 11.6 Å². The van der Waals surface area contributed by atoms with Crippen molar-refractivity contribution in [3.05, 3.63) is 75.9 Å². The Balaban J connectivity index is 1.41. The van der Waals surface area contributed by atoms with Gasteiger partial charge in [-0.3, -0.25) is 10.0 Å². The molecule has 1 aliphatic carbocycles. The zero-order chi connectivity index (χ0) is 20.4. The number of rotatable bonds is 6. The Bertz CT molecular complexity index is 1090. The number of H-pyrrole nitrogens is 1. The smallest absolute Gasteiger partial charge is 0.267 e. The Morgan fingerprint density at radius 2 is 2.17 bits per heavy atom. The van der Waals surface area contributed by atoms with Crippen molar-refractivity contribution in [3.63, 3.8) is 0 Å². The summed E-state index contributed by atoms with van der Waals surface area (Å²) < 4.78 is 0. The first kappa shape index (κ1) is 19.7. The van der Waals surface area contributed by atoms with Gasteiger partial charge in [-0.2, -0.15) is 0 Å². The number of halogens is 1. The minimum Gasteiger partial charge on any atom is -0.361 e. The molecule has 29 heavy (non-hydrogen) atoms. The van der Waals surface area contributed by atoms with E-state index in [4.69, 9.17) is 16.8 Å². The van der Waals surface area contributed by atoms with Crippen LogP contribution in [0.5, 0.6) is 0 Å². The first-order chi connectivity index (χ1) is 14.0. The number of fused-ring (bicyclic) bond motifs is 2. The third kappa shape index (κ3) is 4.22. The maximum absolute atomic E-state index is 11.3. The molecule has 1 aromatic heterocycles. The largest absolute Gasteiger partial charge is 0.361 e. The molecular formula is C23H24ClN3O2. The van der Waals surface area contributed by atoms with Gasteiger partial charge < -0.3 is 10.3 Å². The quantitative estimate of drug-likeness (QED) is 0.274. The number of benzene rings is 2. The zero-order valence-corrected chi connectivity index (χ0v) is 17.0. The molecule has 1 atom stereocenters. The highest BCUT2D eigenvalue weighted by atomic mass is 35.5. The maximum atomic E-state index is 11.3. The zero-order valence-electron chi connectivity index (χ0n) is 16.3. The van der Waals surface area contributed by atoms with Gasteiger partial charge in [0.05, 0.1) is 0 Å². The van der Waals surface area contributed by atoms with Gasteiger partial charge in [-0.25, -0.2) is 5.48 Å². The van der Waals surface area contributed by atoms with Gasteiger partial charge in [0.2, 0.25) is 0 Å². The molecule has 0 spiro atoms. The van der Waals surface area contributed by atoms with Crippen LogP contribution in [0.15, 0.2) is 48.7 Å². The predicted molar refractivity (Wildman–Crippen MR) is 116 cm³/mol. The van der Waals surface area contributed by atoms with Gasteiger partial charge in [-0.05, 0) is 78.8 Å². The van der Waals surface area contributed by atoms with E-state index in [1.54, 1.807) is 5.48 Å². The van der Waals surface area contributed by atoms with Crippen molar-refractivity contribution >= 4 is 34.0 Å². The van der Waals surface area contributed by atoms with Crippen molar-refractivity contribution in [2.45, 2.75) is 32.2 Å². The van der Waals surface area contributed by atoms with Crippen molar-refractivity contribution < 1.29 is 10.0 Å². The molecule has 0 fully saturated rings. The molecule has 6 heteroatoms. The van der Waals surface area contributed by atoms with Gasteiger partial charge in [-0.1, -0.05) is 29.8 Å². The van der Waals surface area contributed by atoms with Gasteiger partial charge >= 0.3 is 0 Å². The summed E-state index contributed by atoms with van der Waals surface area (Å²) in [5.74, 6) is -0.513. The fourth-order valence-corrected chi connectivity index (χ4v) is 4.30. The summed E-state index contributed by atoms with van der Waals surface area (Å²) in [7, 11) is 0. The van der Waals surface area contributed by atoms with Crippen molar-refractivity contribution in [2.75, 3.05) is 6.54 Å². The van der Waals surface area contributed by atoms with Crippen molar-refractivity contribution in [2.24, 2.45) is 0 Å². The molecule has 0 bridgehead atoms. The van der Waals surface area contributed by atoms with Crippen molar-refractivity contribution in [1.29, 1.82) is 0 Å². The van der Waals surface area contributed by atoms with Gasteiger partial charge in [0.25, 0.3) is 5.91 Å². The van der Waals surface area contributed by atoms with Gasteiger partial charge in [-0.15, -0.1) is 0 Å². The van der Waals surface area contributed by atoms with E-state index < -0.39 is 5.91 Å². The first-order valence-electron chi connectivity index (χ1n) is 9.79. The summed E-state index contributed by atoms with van der Waals surface area (Å²) in [4.78, 5) is 14.6. The highest BCUT2D eigenvalue weighted by Gasteiger charge is 2.22. The average Bonchev–Trinajstić information content (AvgIpc) is 3.31. The Kier molecular flexibility index (Phi) is 5.72. The van der Waals surface area contributed by atoms with E-state index in [9.17, 15) is 4.79 Å². The number of aryl methyl sites for hydroxylation is 1. The van der Waals surface area contributed by atoms with Crippen LogP contribution in [-0.4, -0.2) is 22.6 Å². The number of carbonyl (C=O) groups is 1. The van der Waals surface area contributed by atoms with Crippen LogP contribution in [-0.2, 0) is 17.6 Å². The van der Waals surface area contributed by atoms with E-state index in [2.05, 4.69) is 28.6 Å². The minimum absolute atomic E-state index is 0.345. The summed E-state index contributed by atoms with van der Waals surface area (Å²) in [6.07, 6.45) is 6.48. The molecule has 150 valence electrons. The molecule has 2 aromatic carbocycles. The molecule has 0 saturated heterocycles. The van der Waals surface area contributed by atoms with Crippen LogP contribution in [0.25, 0.3) is 16.5 Å². The summed E-state index contributed by atoms with van der Waals surface area (Å²) in [6, 6.07) is 12.6. The van der Waals surface area contributed by atoms with E-state index in [-0.39, 0.29) is 0 Å². The molecule has 0 radical (unpaired) electrons. The second kappa shape index (κ2) is 8.41. The van der Waals surface area contributed by atoms with E-state index in [1.807, 2.05) is 31.2 Å². The molecule has 3 aromatic rings. The maximum Gasteiger partial charge on any atom is 0.267 e. The Labute approximate surface area is 174 Å². The number of hydrogen-bond donors (Lipinski definition) is 4. The number of aromatic nitrogens is 1. The Morgan fingerprint density at radius 3 is 3.00 bits per heavy atom. The highest BCUT2D eigenvalue weighted by molar-refractivity contribution is 6.31. The van der Waals surface area contributed by atoms with E-state index in [0.29, 0.717) is 6.04 Å². The number of hydroxylamine groups is 1. The summed E-state index contributed by atoms with van der Waals surface area (Å²) in [5.41, 5.74) is 8.50. The lowest BCUT2D eigenvalue weighted by Crippen LogP contribution is -2.21. The monoisotopic (exact) mass is 409 g/mol. The molecular weight excluding hydrogens is 386 g/mol. The van der Waals surface area contributed by atoms with Crippen LogP contribution < -0.4 is 10.8 Å². The molecule has 4 N–H and O–H groups in total. The number of nitrogens with one attached hydrogen (secondary N) is 3. The van der Waals surface area contributed by atoms with Gasteiger partial charge in [0.1, 0.15) is 0 Å². The number of aromatic amines is 1. The van der Waals surface area contributed by atoms with Gasteiger partial charge in [0.15, 0.2) is 0 Å². The second-order valence-corrected chi connectivity index (χ2v) is 7.95. The Morgan fingerprint density at radius 1 is 1.31 bits per heavy atom. The summed E-state index contributed by atoms with van der Waals surface area (Å²) in [6.45, 7) is 2.76. The molecule has 0 saturated carbocycles. The number of carbonyl (C=O) groups excluding carboxylic acids is 1. The molecule has 1 heterocycles. The van der Waals surface area contributed by atoms with Crippen LogP contribution in [0.4, 0.5) is 0 Å². The third-order valence-electron chi connectivity index (χ3n) is 5.65. The van der Waals surface area contributed by atoms with Crippen molar-refractivity contribution in [1.82, 2.24) is 15.8 Å². The summed E-state index contributed by atoms with van der Waals surface area (Å²) >= 11 is 6.14. The average molecular weight is 410 g/mol. The standard InChI is InChI=1S/C23H24ClN3O2/c1-14(10-23(28)27-29)15-2-5-19-16(11-15)3-6-21(19)25-9-8-17-13-26-22-7-4-18(24)12-20(17)22/h2,4-5,7,10-13,21,25-26,29H,3,6,8-9H2,1H3,(H,27,28)/b14-10+. The third-order valence-corrected chi connectivity index (χ3v) is 5.88. The Hall–Kier alpha value is -2.60. The van der Waals surface area contributed by atoms with Gasteiger partial charge in [0, 0.05) is 34.2 Å². The van der Waals surface area contributed by atoms with Crippen LogP contribution in [0.3, 0.4) is 0 Å². The second-order valence-electron chi connectivity index (χ2n) is 7.52. The normalized spacial score (nSPS) is 16.2. The number of hydrogen-bond acceptors (Lipinski definition) is 3. The molecule has 1 amide bonds. The highest BCUT2D eigenvalue weighted by Crippen LogP contribution is 2.33. The SMILES string of the molecule is C/C(=C\C(=O)NO)c1ccc2c(c1)CCC2NCCc1c[nH]c2ccc(Cl)cc12. The molecule has 1 unspecified atom stereocenters. The molecule has 0 aliphatic heterocycles. The van der Waals surface area contributed by atoms with E-state index in [1.165, 1.54) is 28.2 Å². The van der Waals surface area contributed by atoms with Crippen LogP contribution in [0.1, 0.15) is 41.6 Å².